The van der Waals surface area contributed by atoms with Crippen molar-refractivity contribution in [1.82, 2.24) is 25.9 Å². The molecule has 0 aliphatic carbocycles. The molecule has 11 nitrogen and oxygen atoms in total. The van der Waals surface area contributed by atoms with E-state index in [0.29, 0.717) is 5.69 Å². The number of benzene rings is 1. The summed E-state index contributed by atoms with van der Waals surface area (Å²) in [6.07, 6.45) is 3.10. The number of aromatic nitrogens is 2. The van der Waals surface area contributed by atoms with Crippen LogP contribution < -0.4 is 21.7 Å². The zero-order valence-electron chi connectivity index (χ0n) is 19.6. The number of carboxylic acid groups (broad SMARTS) is 1. The van der Waals surface area contributed by atoms with E-state index in [1.54, 1.807) is 13.8 Å². The van der Waals surface area contributed by atoms with Crippen LogP contribution in [0.25, 0.3) is 0 Å². The van der Waals surface area contributed by atoms with Gasteiger partial charge in [0.05, 0.1) is 12.4 Å². The maximum atomic E-state index is 13.3. The van der Waals surface area contributed by atoms with Gasteiger partial charge in [0.25, 0.3) is 0 Å². The van der Waals surface area contributed by atoms with Crippen LogP contribution in [0.15, 0.2) is 42.9 Å². The van der Waals surface area contributed by atoms with Crippen LogP contribution in [0.3, 0.4) is 0 Å². The third-order valence-corrected chi connectivity index (χ3v) is 5.71. The number of imidazole rings is 1. The van der Waals surface area contributed by atoms with E-state index in [9.17, 15) is 24.3 Å². The number of H-pyrrole nitrogens is 1. The Morgan fingerprint density at radius 1 is 0.971 bits per heavy atom. The number of carboxylic acids is 1. The van der Waals surface area contributed by atoms with E-state index in [0.717, 1.165) is 5.56 Å². The number of nitrogens with two attached hydrogens (primary N) is 1. The van der Waals surface area contributed by atoms with Crippen LogP contribution in [-0.4, -0.2) is 68.7 Å². The highest BCUT2D eigenvalue weighted by atomic mass is 32.1. The lowest BCUT2D eigenvalue weighted by atomic mass is 10.0. The molecule has 4 atom stereocenters. The zero-order chi connectivity index (χ0) is 26.0. The molecule has 2 aromatic rings. The third-order valence-electron chi connectivity index (χ3n) is 5.35. The van der Waals surface area contributed by atoms with E-state index in [1.807, 2.05) is 30.3 Å². The Morgan fingerprint density at radius 2 is 1.54 bits per heavy atom. The van der Waals surface area contributed by atoms with Gasteiger partial charge in [-0.25, -0.2) is 9.78 Å². The normalized spacial score (nSPS) is 14.4. The SMILES string of the molecule is CC(C)C(N)C(=O)NC(Cc1ccccc1)C(=O)NC(Cc1cnc[nH]1)C(=O)NC(CS)C(=O)O. The molecular formula is C23H32N6O5S. The van der Waals surface area contributed by atoms with Crippen molar-refractivity contribution in [2.45, 2.75) is 50.9 Å². The van der Waals surface area contributed by atoms with Crippen LogP contribution in [0.1, 0.15) is 25.1 Å². The second kappa shape index (κ2) is 13.5. The summed E-state index contributed by atoms with van der Waals surface area (Å²) in [6.45, 7) is 3.59. The highest BCUT2D eigenvalue weighted by Crippen LogP contribution is 2.07. The van der Waals surface area contributed by atoms with Gasteiger partial charge in [-0.2, -0.15) is 12.6 Å². The first kappa shape index (κ1) is 27.9. The average Bonchev–Trinajstić information content (AvgIpc) is 3.34. The van der Waals surface area contributed by atoms with Crippen molar-refractivity contribution in [3.8, 4) is 0 Å². The molecule has 35 heavy (non-hydrogen) atoms. The number of amides is 3. The van der Waals surface area contributed by atoms with Gasteiger partial charge in [-0.15, -0.1) is 0 Å². The van der Waals surface area contributed by atoms with Crippen molar-refractivity contribution < 1.29 is 24.3 Å². The fraction of sp³-hybridized carbons (Fsp3) is 0.435. The molecule has 0 radical (unpaired) electrons. The summed E-state index contributed by atoms with van der Waals surface area (Å²) in [5.74, 6) is -3.35. The molecule has 12 heteroatoms. The van der Waals surface area contributed by atoms with Crippen LogP contribution in [0.4, 0.5) is 0 Å². The quantitative estimate of drug-likeness (QED) is 0.182. The summed E-state index contributed by atoms with van der Waals surface area (Å²) >= 11 is 3.96. The second-order valence-electron chi connectivity index (χ2n) is 8.44. The molecule has 0 bridgehead atoms. The fourth-order valence-corrected chi connectivity index (χ4v) is 3.43. The molecule has 2 rings (SSSR count). The lowest BCUT2D eigenvalue weighted by Gasteiger charge is -2.25. The number of nitrogens with zero attached hydrogens (tertiary/aromatic N) is 1. The monoisotopic (exact) mass is 504 g/mol. The van der Waals surface area contributed by atoms with Crippen LogP contribution >= 0.6 is 12.6 Å². The number of carbonyl (C=O) groups excluding carboxylic acids is 3. The van der Waals surface area contributed by atoms with Gasteiger partial charge in [0.1, 0.15) is 18.1 Å². The number of hydrogen-bond donors (Lipinski definition) is 7. The maximum Gasteiger partial charge on any atom is 0.327 e. The van der Waals surface area contributed by atoms with Crippen molar-refractivity contribution in [2.75, 3.05) is 5.75 Å². The standard InChI is InChI=1S/C23H32N6O5S/c1-13(2)19(24)22(32)28-16(8-14-6-4-3-5-7-14)20(30)27-17(9-15-10-25-12-26-15)21(31)29-18(11-35)23(33)34/h3-7,10,12-13,16-19,35H,8-9,11,24H2,1-2H3,(H,25,26)(H,27,30)(H,28,32)(H,29,31)(H,33,34). The van der Waals surface area contributed by atoms with Gasteiger partial charge >= 0.3 is 5.97 Å². The first-order chi connectivity index (χ1) is 16.6. The Morgan fingerprint density at radius 3 is 2.06 bits per heavy atom. The van der Waals surface area contributed by atoms with Gasteiger partial charge < -0.3 is 31.8 Å². The predicted octanol–water partition coefficient (Wildman–Crippen LogP) is -0.353. The molecule has 190 valence electrons. The summed E-state index contributed by atoms with van der Waals surface area (Å²) in [4.78, 5) is 57.0. The summed E-state index contributed by atoms with van der Waals surface area (Å²) in [5, 5.41) is 17.0. The number of carbonyl (C=O) groups is 4. The van der Waals surface area contributed by atoms with E-state index >= 15 is 0 Å². The Balaban J connectivity index is 2.25. The fourth-order valence-electron chi connectivity index (χ4n) is 3.19. The summed E-state index contributed by atoms with van der Waals surface area (Å²) in [5.41, 5.74) is 7.30. The Labute approximate surface area is 209 Å². The van der Waals surface area contributed by atoms with E-state index in [2.05, 4.69) is 38.5 Å². The molecule has 4 unspecified atom stereocenters. The van der Waals surface area contributed by atoms with Crippen LogP contribution in [-0.2, 0) is 32.0 Å². The maximum absolute atomic E-state index is 13.3. The number of thiol groups is 1. The molecule has 1 aromatic carbocycles. The summed E-state index contributed by atoms with van der Waals surface area (Å²) in [7, 11) is 0. The first-order valence-electron chi connectivity index (χ1n) is 11.1. The van der Waals surface area contributed by atoms with Crippen molar-refractivity contribution in [1.29, 1.82) is 0 Å². The Hall–Kier alpha value is -3.38. The smallest absolute Gasteiger partial charge is 0.327 e. The minimum atomic E-state index is -1.25. The molecule has 0 saturated heterocycles. The second-order valence-corrected chi connectivity index (χ2v) is 8.81. The van der Waals surface area contributed by atoms with Crippen LogP contribution in [0.2, 0.25) is 0 Å². The van der Waals surface area contributed by atoms with Gasteiger partial charge in [0.15, 0.2) is 0 Å². The van der Waals surface area contributed by atoms with E-state index < -0.39 is 47.9 Å². The van der Waals surface area contributed by atoms with Crippen molar-refractivity contribution in [3.05, 3.63) is 54.1 Å². The number of hydrogen-bond acceptors (Lipinski definition) is 7. The van der Waals surface area contributed by atoms with E-state index in [1.165, 1.54) is 12.5 Å². The lowest BCUT2D eigenvalue weighted by molar-refractivity contribution is -0.141. The molecule has 0 aliphatic rings. The zero-order valence-corrected chi connectivity index (χ0v) is 20.5. The molecule has 1 aromatic heterocycles. The summed E-state index contributed by atoms with van der Waals surface area (Å²) < 4.78 is 0. The van der Waals surface area contributed by atoms with Crippen molar-refractivity contribution >= 4 is 36.3 Å². The molecular weight excluding hydrogens is 472 g/mol. The molecule has 0 aliphatic heterocycles. The molecule has 0 saturated carbocycles. The molecule has 1 heterocycles. The van der Waals surface area contributed by atoms with Gasteiger partial charge in [-0.3, -0.25) is 14.4 Å². The Kier molecular flexibility index (Phi) is 10.7. The minimum Gasteiger partial charge on any atom is -0.480 e. The van der Waals surface area contributed by atoms with E-state index in [-0.39, 0.29) is 24.5 Å². The number of aliphatic carboxylic acids is 1. The molecule has 7 N–H and O–H groups in total. The molecule has 0 fully saturated rings. The molecule has 3 amide bonds. The van der Waals surface area contributed by atoms with Gasteiger partial charge in [0.2, 0.25) is 17.7 Å². The third kappa shape index (κ3) is 8.72. The van der Waals surface area contributed by atoms with Crippen LogP contribution in [0, 0.1) is 5.92 Å². The minimum absolute atomic E-state index is 0.0218. The number of nitrogens with one attached hydrogen (secondary N) is 4. The first-order valence-corrected chi connectivity index (χ1v) is 11.8. The van der Waals surface area contributed by atoms with Gasteiger partial charge in [-0.1, -0.05) is 44.2 Å². The highest BCUT2D eigenvalue weighted by Gasteiger charge is 2.31. The van der Waals surface area contributed by atoms with Gasteiger partial charge in [0, 0.05) is 30.5 Å². The van der Waals surface area contributed by atoms with Gasteiger partial charge in [-0.05, 0) is 11.5 Å². The molecule has 0 spiro atoms. The Bertz CT molecular complexity index is 986. The van der Waals surface area contributed by atoms with Crippen molar-refractivity contribution in [2.24, 2.45) is 11.7 Å². The average molecular weight is 505 g/mol. The van der Waals surface area contributed by atoms with E-state index in [4.69, 9.17) is 5.73 Å². The van der Waals surface area contributed by atoms with Crippen molar-refractivity contribution in [3.63, 3.8) is 0 Å². The highest BCUT2D eigenvalue weighted by molar-refractivity contribution is 7.80. The van der Waals surface area contributed by atoms with Crippen LogP contribution in [0.5, 0.6) is 0 Å². The number of aromatic amines is 1. The lowest BCUT2D eigenvalue weighted by Crippen LogP contribution is -2.58. The summed E-state index contributed by atoms with van der Waals surface area (Å²) in [6, 6.07) is 4.85. The number of rotatable bonds is 13. The predicted molar refractivity (Wildman–Crippen MR) is 133 cm³/mol. The largest absolute Gasteiger partial charge is 0.480 e. The topological polar surface area (TPSA) is 179 Å².